The molecule has 0 fully saturated rings. The van der Waals surface area contributed by atoms with Crippen molar-refractivity contribution in [1.82, 2.24) is 5.32 Å². The summed E-state index contributed by atoms with van der Waals surface area (Å²) in [7, 11) is 4.35. The summed E-state index contributed by atoms with van der Waals surface area (Å²) < 4.78 is 0. The molecule has 1 aromatic rings. The van der Waals surface area contributed by atoms with Gasteiger partial charge < -0.3 is 5.32 Å². The van der Waals surface area contributed by atoms with Crippen LogP contribution in [0.25, 0.3) is 5.70 Å². The van der Waals surface area contributed by atoms with E-state index in [9.17, 15) is 0 Å². The average molecular weight is 265 g/mol. The molecule has 0 aliphatic rings. The lowest BCUT2D eigenvalue weighted by molar-refractivity contribution is 1.09. The molecular formula is C16H28NP. The predicted molar refractivity (Wildman–Crippen MR) is 89.9 cm³/mol. The summed E-state index contributed by atoms with van der Waals surface area (Å²) in [6.07, 6.45) is 7.36. The van der Waals surface area contributed by atoms with Gasteiger partial charge in [-0.3, -0.25) is 0 Å². The molecule has 0 radical (unpaired) electrons. The van der Waals surface area contributed by atoms with Gasteiger partial charge in [0.2, 0.25) is 0 Å². The zero-order valence-electron chi connectivity index (χ0n) is 12.4. The van der Waals surface area contributed by atoms with Crippen molar-refractivity contribution in [2.45, 2.75) is 27.2 Å². The van der Waals surface area contributed by atoms with E-state index in [1.807, 2.05) is 51.0 Å². The van der Waals surface area contributed by atoms with E-state index in [-0.39, 0.29) is 0 Å². The first-order chi connectivity index (χ1) is 8.79. The molecule has 0 aromatic heterocycles. The Kier molecular flexibility index (Phi) is 17.1. The summed E-state index contributed by atoms with van der Waals surface area (Å²) in [5.74, 6) is 0. The molecule has 2 heteroatoms. The topological polar surface area (TPSA) is 12.0 Å². The fraction of sp³-hybridized carbons (Fsp3) is 0.375. The molecule has 18 heavy (non-hydrogen) atoms. The van der Waals surface area contributed by atoms with Crippen LogP contribution >= 0.6 is 9.24 Å². The van der Waals surface area contributed by atoms with Crippen LogP contribution < -0.4 is 5.32 Å². The predicted octanol–water partition coefficient (Wildman–Crippen LogP) is 4.73. The Labute approximate surface area is 116 Å². The number of benzene rings is 1. The standard InChI is InChI=1S/C12H15N.C3H8.CH5P/c1-3-4-10-12(13-2)11-8-6-5-7-9-11;1-3-2;1-2/h3-10,13H,1-2H3;3H2,1-2H3;2H2,1H3/b4-3-,12-10-;;. The summed E-state index contributed by atoms with van der Waals surface area (Å²) in [5, 5.41) is 3.16. The van der Waals surface area contributed by atoms with Crippen LogP contribution in [0, 0.1) is 0 Å². The largest absolute Gasteiger partial charge is 0.388 e. The van der Waals surface area contributed by atoms with E-state index in [4.69, 9.17) is 0 Å². The molecule has 0 saturated carbocycles. The highest BCUT2D eigenvalue weighted by molar-refractivity contribution is 7.15. The minimum atomic E-state index is 1.14. The third-order valence-electron chi connectivity index (χ3n) is 1.81. The molecule has 0 saturated heterocycles. The smallest absolute Gasteiger partial charge is 0.0411 e. The van der Waals surface area contributed by atoms with Gasteiger partial charge in [-0.05, 0) is 18.6 Å². The van der Waals surface area contributed by atoms with Crippen LogP contribution in [0.15, 0.2) is 48.6 Å². The summed E-state index contributed by atoms with van der Waals surface area (Å²) in [6.45, 7) is 8.18. The van der Waals surface area contributed by atoms with Crippen LogP contribution in [0.5, 0.6) is 0 Å². The lowest BCUT2D eigenvalue weighted by atomic mass is 10.1. The van der Waals surface area contributed by atoms with Gasteiger partial charge in [0.05, 0.1) is 0 Å². The molecule has 0 aliphatic carbocycles. The van der Waals surface area contributed by atoms with Crippen molar-refractivity contribution in [2.24, 2.45) is 0 Å². The van der Waals surface area contributed by atoms with Gasteiger partial charge in [-0.2, -0.15) is 0 Å². The van der Waals surface area contributed by atoms with Gasteiger partial charge in [-0.1, -0.05) is 69.4 Å². The van der Waals surface area contributed by atoms with E-state index in [1.165, 1.54) is 12.0 Å². The Hall–Kier alpha value is -1.07. The van der Waals surface area contributed by atoms with Gasteiger partial charge in [0, 0.05) is 12.7 Å². The summed E-state index contributed by atoms with van der Waals surface area (Å²) in [6, 6.07) is 10.3. The zero-order chi connectivity index (χ0) is 14.2. The molecule has 1 rings (SSSR count). The minimum Gasteiger partial charge on any atom is -0.388 e. The van der Waals surface area contributed by atoms with Crippen molar-refractivity contribution in [1.29, 1.82) is 0 Å². The van der Waals surface area contributed by atoms with Crippen molar-refractivity contribution >= 4 is 14.9 Å². The molecular weight excluding hydrogens is 237 g/mol. The van der Waals surface area contributed by atoms with E-state index < -0.39 is 0 Å². The van der Waals surface area contributed by atoms with Gasteiger partial charge in [0.25, 0.3) is 0 Å². The number of allylic oxidation sites excluding steroid dienone is 3. The molecule has 102 valence electrons. The molecule has 0 amide bonds. The van der Waals surface area contributed by atoms with Crippen LogP contribution in [0.3, 0.4) is 0 Å². The van der Waals surface area contributed by atoms with Crippen LogP contribution in [0.4, 0.5) is 0 Å². The van der Waals surface area contributed by atoms with E-state index >= 15 is 0 Å². The van der Waals surface area contributed by atoms with Crippen molar-refractivity contribution in [3.05, 3.63) is 54.1 Å². The summed E-state index contributed by atoms with van der Waals surface area (Å²) >= 11 is 0. The Morgan fingerprint density at radius 3 is 2.06 bits per heavy atom. The minimum absolute atomic E-state index is 1.14. The van der Waals surface area contributed by atoms with Crippen molar-refractivity contribution in [3.8, 4) is 0 Å². The fourth-order valence-electron chi connectivity index (χ4n) is 1.13. The maximum absolute atomic E-state index is 3.16. The fourth-order valence-corrected chi connectivity index (χ4v) is 1.13. The van der Waals surface area contributed by atoms with Crippen LogP contribution in [0.2, 0.25) is 0 Å². The molecule has 1 nitrogen and oxygen atoms in total. The molecule has 1 N–H and O–H groups in total. The van der Waals surface area contributed by atoms with E-state index in [2.05, 4.69) is 46.6 Å². The van der Waals surface area contributed by atoms with E-state index in [1.54, 1.807) is 0 Å². The molecule has 1 unspecified atom stereocenters. The molecule has 0 aliphatic heterocycles. The van der Waals surface area contributed by atoms with E-state index in [0.717, 1.165) is 5.70 Å². The van der Waals surface area contributed by atoms with Gasteiger partial charge in [-0.15, -0.1) is 9.24 Å². The molecule has 1 atom stereocenters. The molecule has 0 spiro atoms. The second kappa shape index (κ2) is 15.9. The summed E-state index contributed by atoms with van der Waals surface area (Å²) in [5.41, 5.74) is 2.35. The maximum Gasteiger partial charge on any atom is 0.0411 e. The van der Waals surface area contributed by atoms with Gasteiger partial charge in [-0.25, -0.2) is 0 Å². The van der Waals surface area contributed by atoms with Crippen molar-refractivity contribution in [3.63, 3.8) is 0 Å². The third kappa shape index (κ3) is 10.1. The Balaban J connectivity index is 0. The molecule has 1 aromatic carbocycles. The van der Waals surface area contributed by atoms with Gasteiger partial charge in [0.1, 0.15) is 0 Å². The first kappa shape index (κ1) is 19.3. The first-order valence-corrected chi connectivity index (χ1v) is 7.59. The number of nitrogens with one attached hydrogen (secondary N) is 1. The van der Waals surface area contributed by atoms with Crippen LogP contribution in [-0.2, 0) is 0 Å². The lowest BCUT2D eigenvalue weighted by Gasteiger charge is -2.04. The number of hydrogen-bond donors (Lipinski definition) is 1. The van der Waals surface area contributed by atoms with E-state index in [0.29, 0.717) is 0 Å². The highest BCUT2D eigenvalue weighted by atomic mass is 31.0. The Bertz CT molecular complexity index is 315. The highest BCUT2D eigenvalue weighted by Crippen LogP contribution is 2.09. The first-order valence-electron chi connectivity index (χ1n) is 6.43. The second-order valence-electron chi connectivity index (χ2n) is 3.43. The Morgan fingerprint density at radius 1 is 1.17 bits per heavy atom. The number of rotatable bonds is 3. The highest BCUT2D eigenvalue weighted by Gasteiger charge is 1.94. The van der Waals surface area contributed by atoms with Crippen molar-refractivity contribution in [2.75, 3.05) is 13.7 Å². The lowest BCUT2D eigenvalue weighted by Crippen LogP contribution is -2.03. The molecule has 0 heterocycles. The van der Waals surface area contributed by atoms with Gasteiger partial charge in [0.15, 0.2) is 0 Å². The van der Waals surface area contributed by atoms with Gasteiger partial charge >= 0.3 is 0 Å². The van der Waals surface area contributed by atoms with Crippen molar-refractivity contribution < 1.29 is 0 Å². The SMILES string of the molecule is C/C=C\C=C(/NC)c1ccccc1.CCC.CP. The van der Waals surface area contributed by atoms with Crippen LogP contribution in [-0.4, -0.2) is 13.7 Å². The quantitative estimate of drug-likeness (QED) is 0.615. The Morgan fingerprint density at radius 2 is 1.67 bits per heavy atom. The molecule has 0 bridgehead atoms. The normalized spacial score (nSPS) is 10.0. The van der Waals surface area contributed by atoms with Crippen LogP contribution in [0.1, 0.15) is 32.8 Å². The maximum atomic E-state index is 3.16. The monoisotopic (exact) mass is 265 g/mol. The zero-order valence-corrected chi connectivity index (χ0v) is 13.6. The average Bonchev–Trinajstić information content (AvgIpc) is 2.44. The summed E-state index contributed by atoms with van der Waals surface area (Å²) in [4.78, 5) is 0. The number of hydrogen-bond acceptors (Lipinski definition) is 1. The third-order valence-corrected chi connectivity index (χ3v) is 1.81. The second-order valence-corrected chi connectivity index (χ2v) is 3.43.